The predicted octanol–water partition coefficient (Wildman–Crippen LogP) is 2.83. The average molecular weight is 295 g/mol. The van der Waals surface area contributed by atoms with Gasteiger partial charge >= 0.3 is 11.0 Å². The number of furan rings is 1. The average Bonchev–Trinajstić information content (AvgIpc) is 2.95. The van der Waals surface area contributed by atoms with E-state index in [-0.39, 0.29) is 23.2 Å². The molecule has 0 fully saturated rings. The van der Waals surface area contributed by atoms with Gasteiger partial charge in [-0.2, -0.15) is 0 Å². The van der Waals surface area contributed by atoms with E-state index in [9.17, 15) is 9.60 Å². The Bertz CT molecular complexity index is 762. The highest BCUT2D eigenvalue weighted by Crippen LogP contribution is 2.22. The van der Waals surface area contributed by atoms with Gasteiger partial charge in [0.15, 0.2) is 0 Å². The molecule has 102 valence electrons. The number of benzene rings is 1. The molecule has 0 saturated carbocycles. The summed E-state index contributed by atoms with van der Waals surface area (Å²) in [6, 6.07) is 7.09. The minimum absolute atomic E-state index is 0.0304. The summed E-state index contributed by atoms with van der Waals surface area (Å²) < 4.78 is 23.9. The number of fused-ring (bicyclic) bond motifs is 1. The third kappa shape index (κ3) is 2.25. The van der Waals surface area contributed by atoms with Gasteiger partial charge in [0.2, 0.25) is 5.52 Å². The number of hydrogen-bond donors (Lipinski definition) is 0. The van der Waals surface area contributed by atoms with Crippen LogP contribution in [0.4, 0.5) is 4.39 Å². The normalized spacial score (nSPS) is 10.9. The van der Waals surface area contributed by atoms with Crippen molar-refractivity contribution in [3.63, 3.8) is 0 Å². The first-order chi connectivity index (χ1) is 9.65. The number of nitrogens with zero attached hydrogens (tertiary/aromatic N) is 2. The van der Waals surface area contributed by atoms with Gasteiger partial charge in [0, 0.05) is 6.07 Å². The van der Waals surface area contributed by atoms with Crippen molar-refractivity contribution >= 4 is 22.6 Å². The van der Waals surface area contributed by atoms with Crippen molar-refractivity contribution in [2.24, 2.45) is 0 Å². The van der Waals surface area contributed by atoms with Gasteiger partial charge in [-0.05, 0) is 35.9 Å². The van der Waals surface area contributed by atoms with Crippen LogP contribution in [0.3, 0.4) is 0 Å². The standard InChI is InChI=1S/C13H8ClFN2O3/c14-12-13(20-7-9-2-1-5-19-9)16-10-4-3-8(15)6-11(10)17(12)18/h1-6H,7H2. The molecule has 2 aromatic heterocycles. The summed E-state index contributed by atoms with van der Waals surface area (Å²) in [7, 11) is 0. The van der Waals surface area contributed by atoms with Gasteiger partial charge in [-0.25, -0.2) is 9.37 Å². The van der Waals surface area contributed by atoms with Gasteiger partial charge in [-0.3, -0.25) is 0 Å². The Balaban J connectivity index is 1.99. The van der Waals surface area contributed by atoms with Crippen molar-refractivity contribution in [3.05, 3.63) is 58.5 Å². The van der Waals surface area contributed by atoms with Crippen LogP contribution in [0.5, 0.6) is 5.88 Å². The van der Waals surface area contributed by atoms with Crippen molar-refractivity contribution in [2.75, 3.05) is 0 Å². The largest absolute Gasteiger partial charge is 0.617 e. The molecule has 5 nitrogen and oxygen atoms in total. The molecule has 0 bridgehead atoms. The second-order valence-electron chi connectivity index (χ2n) is 4.00. The highest BCUT2D eigenvalue weighted by atomic mass is 35.5. The summed E-state index contributed by atoms with van der Waals surface area (Å²) in [6.07, 6.45) is 1.50. The van der Waals surface area contributed by atoms with E-state index in [1.54, 1.807) is 12.1 Å². The van der Waals surface area contributed by atoms with Gasteiger partial charge in [0.05, 0.1) is 6.26 Å². The lowest BCUT2D eigenvalue weighted by Gasteiger charge is -2.08. The van der Waals surface area contributed by atoms with Crippen molar-refractivity contribution in [3.8, 4) is 5.88 Å². The first-order valence-electron chi connectivity index (χ1n) is 5.68. The molecular weight excluding hydrogens is 287 g/mol. The Morgan fingerprint density at radius 2 is 2.25 bits per heavy atom. The van der Waals surface area contributed by atoms with Crippen LogP contribution in [0.15, 0.2) is 41.0 Å². The monoisotopic (exact) mass is 294 g/mol. The maximum Gasteiger partial charge on any atom is 0.350 e. The van der Waals surface area contributed by atoms with Crippen molar-refractivity contribution < 1.29 is 18.3 Å². The molecular formula is C13H8ClFN2O3. The fraction of sp³-hybridized carbons (Fsp3) is 0.0769. The quantitative estimate of drug-likeness (QED) is 0.550. The zero-order valence-corrected chi connectivity index (χ0v) is 10.8. The summed E-state index contributed by atoms with van der Waals surface area (Å²) in [6.45, 7) is 0.0897. The summed E-state index contributed by atoms with van der Waals surface area (Å²) in [5.74, 6) is 0.000846. The number of hydrogen-bond acceptors (Lipinski definition) is 4. The Labute approximate surface area is 117 Å². The van der Waals surface area contributed by atoms with Gasteiger partial charge in [0.25, 0.3) is 0 Å². The SMILES string of the molecule is [O-][n+]1c(Cl)c(OCc2ccco2)nc2ccc(F)cc21. The van der Waals surface area contributed by atoms with Crippen LogP contribution in [0.2, 0.25) is 5.15 Å². The van der Waals surface area contributed by atoms with Crippen LogP contribution in [-0.4, -0.2) is 4.98 Å². The first kappa shape index (κ1) is 12.7. The Kier molecular flexibility index (Phi) is 3.15. The number of ether oxygens (including phenoxy) is 1. The predicted molar refractivity (Wildman–Crippen MR) is 68.7 cm³/mol. The van der Waals surface area contributed by atoms with Crippen LogP contribution >= 0.6 is 11.6 Å². The second-order valence-corrected chi connectivity index (χ2v) is 4.36. The van der Waals surface area contributed by atoms with Gasteiger partial charge in [-0.15, -0.1) is 4.73 Å². The maximum absolute atomic E-state index is 13.1. The zero-order chi connectivity index (χ0) is 14.1. The molecule has 0 radical (unpaired) electrons. The topological polar surface area (TPSA) is 62.2 Å². The lowest BCUT2D eigenvalue weighted by Crippen LogP contribution is -2.30. The first-order valence-corrected chi connectivity index (χ1v) is 6.06. The summed E-state index contributed by atoms with van der Waals surface area (Å²) in [4.78, 5) is 4.09. The van der Waals surface area contributed by atoms with Crippen molar-refractivity contribution in [2.45, 2.75) is 6.61 Å². The van der Waals surface area contributed by atoms with E-state index in [4.69, 9.17) is 20.8 Å². The molecule has 0 aliphatic rings. The lowest BCUT2D eigenvalue weighted by atomic mass is 10.3. The second kappa shape index (κ2) is 4.97. The third-order valence-corrected chi connectivity index (χ3v) is 2.98. The molecule has 20 heavy (non-hydrogen) atoms. The smallest absolute Gasteiger partial charge is 0.350 e. The molecule has 1 aromatic carbocycles. The molecule has 0 N–H and O–H groups in total. The molecule has 0 unspecified atom stereocenters. The highest BCUT2D eigenvalue weighted by molar-refractivity contribution is 6.29. The Morgan fingerprint density at radius 3 is 3.00 bits per heavy atom. The van der Waals surface area contributed by atoms with Crippen molar-refractivity contribution in [1.29, 1.82) is 0 Å². The minimum Gasteiger partial charge on any atom is -0.617 e. The van der Waals surface area contributed by atoms with E-state index in [1.165, 1.54) is 18.4 Å². The van der Waals surface area contributed by atoms with E-state index >= 15 is 0 Å². The molecule has 3 aromatic rings. The highest BCUT2D eigenvalue weighted by Gasteiger charge is 2.19. The van der Waals surface area contributed by atoms with E-state index in [1.807, 2.05) is 0 Å². The van der Waals surface area contributed by atoms with E-state index in [2.05, 4.69) is 4.98 Å². The molecule has 0 amide bonds. The number of aromatic nitrogens is 2. The maximum atomic E-state index is 13.1. The lowest BCUT2D eigenvalue weighted by molar-refractivity contribution is -0.575. The van der Waals surface area contributed by atoms with Crippen LogP contribution in [0, 0.1) is 11.0 Å². The van der Waals surface area contributed by atoms with Gasteiger partial charge in [0.1, 0.15) is 23.7 Å². The molecule has 0 saturated heterocycles. The minimum atomic E-state index is -0.538. The third-order valence-electron chi connectivity index (χ3n) is 2.66. The Hall–Kier alpha value is -2.34. The van der Waals surface area contributed by atoms with E-state index in [0.717, 1.165) is 6.07 Å². The number of halogens is 2. The van der Waals surface area contributed by atoms with Crippen LogP contribution < -0.4 is 9.47 Å². The summed E-state index contributed by atoms with van der Waals surface area (Å²) >= 11 is 5.87. The molecule has 2 heterocycles. The molecule has 0 spiro atoms. The Morgan fingerprint density at radius 1 is 1.40 bits per heavy atom. The van der Waals surface area contributed by atoms with Gasteiger partial charge < -0.3 is 14.4 Å². The molecule has 0 atom stereocenters. The van der Waals surface area contributed by atoms with Crippen LogP contribution in [0.25, 0.3) is 11.0 Å². The van der Waals surface area contributed by atoms with E-state index in [0.29, 0.717) is 16.0 Å². The summed E-state index contributed by atoms with van der Waals surface area (Å²) in [5.41, 5.74) is 0.334. The molecule has 0 aliphatic heterocycles. The fourth-order valence-electron chi connectivity index (χ4n) is 1.73. The van der Waals surface area contributed by atoms with Gasteiger partial charge in [-0.1, -0.05) is 0 Å². The zero-order valence-electron chi connectivity index (χ0n) is 10.0. The van der Waals surface area contributed by atoms with Crippen molar-refractivity contribution in [1.82, 2.24) is 4.98 Å². The number of rotatable bonds is 3. The summed E-state index contributed by atoms with van der Waals surface area (Å²) in [5, 5.41) is 11.7. The fourth-order valence-corrected chi connectivity index (χ4v) is 1.92. The van der Waals surface area contributed by atoms with Crippen LogP contribution in [0.1, 0.15) is 5.76 Å². The molecule has 7 heteroatoms. The van der Waals surface area contributed by atoms with Crippen LogP contribution in [-0.2, 0) is 6.61 Å². The molecule has 3 rings (SSSR count). The molecule has 0 aliphatic carbocycles. The van der Waals surface area contributed by atoms with E-state index < -0.39 is 5.82 Å².